The van der Waals surface area contributed by atoms with Crippen molar-refractivity contribution >= 4 is 5.91 Å². The first kappa shape index (κ1) is 18.8. The summed E-state index contributed by atoms with van der Waals surface area (Å²) in [5.74, 6) is 1.36. The summed E-state index contributed by atoms with van der Waals surface area (Å²) in [5, 5.41) is 3.00. The molecule has 0 unspecified atom stereocenters. The molecule has 0 saturated carbocycles. The van der Waals surface area contributed by atoms with E-state index < -0.39 is 6.10 Å². The Balaban J connectivity index is 2.08. The number of nitrogens with one attached hydrogen (secondary N) is 1. The van der Waals surface area contributed by atoms with Crippen LogP contribution in [0, 0.1) is 20.8 Å². The molecule has 25 heavy (non-hydrogen) atoms. The fourth-order valence-electron chi connectivity index (χ4n) is 2.80. The van der Waals surface area contributed by atoms with E-state index in [2.05, 4.69) is 11.4 Å². The molecule has 0 bridgehead atoms. The van der Waals surface area contributed by atoms with E-state index in [-0.39, 0.29) is 11.9 Å². The van der Waals surface area contributed by atoms with Crippen LogP contribution < -0.4 is 14.8 Å². The van der Waals surface area contributed by atoms with Gasteiger partial charge in [-0.25, -0.2) is 0 Å². The van der Waals surface area contributed by atoms with Gasteiger partial charge in [0.25, 0.3) is 5.91 Å². The molecule has 0 radical (unpaired) electrons. The molecule has 0 aliphatic carbocycles. The van der Waals surface area contributed by atoms with E-state index in [1.54, 1.807) is 14.0 Å². The summed E-state index contributed by atoms with van der Waals surface area (Å²) in [4.78, 5) is 12.5. The quantitative estimate of drug-likeness (QED) is 0.854. The Kier molecular flexibility index (Phi) is 6.07. The zero-order valence-electron chi connectivity index (χ0n) is 15.8. The van der Waals surface area contributed by atoms with E-state index in [9.17, 15) is 4.79 Å². The van der Waals surface area contributed by atoms with Crippen LogP contribution in [0.2, 0.25) is 0 Å². The van der Waals surface area contributed by atoms with Crippen LogP contribution in [0.5, 0.6) is 11.5 Å². The van der Waals surface area contributed by atoms with Crippen LogP contribution in [0.4, 0.5) is 0 Å². The molecule has 1 N–H and O–H groups in total. The smallest absolute Gasteiger partial charge is 0.261 e. The Bertz CT molecular complexity index is 755. The van der Waals surface area contributed by atoms with E-state index in [1.807, 2.05) is 58.0 Å². The van der Waals surface area contributed by atoms with Gasteiger partial charge < -0.3 is 14.8 Å². The van der Waals surface area contributed by atoms with Crippen LogP contribution in [0.25, 0.3) is 0 Å². The third-order valence-corrected chi connectivity index (χ3v) is 4.40. The molecule has 134 valence electrons. The summed E-state index contributed by atoms with van der Waals surface area (Å²) < 4.78 is 11.3. The predicted octanol–water partition coefficient (Wildman–Crippen LogP) is 4.27. The topological polar surface area (TPSA) is 47.6 Å². The molecular formula is C21H27NO3. The minimum absolute atomic E-state index is 0.156. The summed E-state index contributed by atoms with van der Waals surface area (Å²) in [6.45, 7) is 9.77. The van der Waals surface area contributed by atoms with Gasteiger partial charge >= 0.3 is 0 Å². The van der Waals surface area contributed by atoms with Gasteiger partial charge in [0.05, 0.1) is 13.2 Å². The first-order valence-corrected chi connectivity index (χ1v) is 8.51. The number of hydrogen-bond donors (Lipinski definition) is 1. The molecule has 0 aromatic heterocycles. The van der Waals surface area contributed by atoms with Crippen molar-refractivity contribution in [3.63, 3.8) is 0 Å². The maximum absolute atomic E-state index is 12.5. The van der Waals surface area contributed by atoms with Crippen molar-refractivity contribution in [2.75, 3.05) is 7.11 Å². The van der Waals surface area contributed by atoms with Crippen molar-refractivity contribution in [2.45, 2.75) is 46.8 Å². The van der Waals surface area contributed by atoms with Crippen LogP contribution in [0.15, 0.2) is 36.4 Å². The molecule has 0 fully saturated rings. The van der Waals surface area contributed by atoms with E-state index in [1.165, 1.54) is 0 Å². The second-order valence-corrected chi connectivity index (χ2v) is 6.44. The minimum atomic E-state index is -0.586. The lowest BCUT2D eigenvalue weighted by atomic mass is 10.1. The average molecular weight is 341 g/mol. The number of benzene rings is 2. The normalized spacial score (nSPS) is 13.0. The molecule has 0 spiro atoms. The minimum Gasteiger partial charge on any atom is -0.496 e. The third-order valence-electron chi connectivity index (χ3n) is 4.40. The van der Waals surface area contributed by atoms with Gasteiger partial charge in [0.2, 0.25) is 0 Å². The van der Waals surface area contributed by atoms with Crippen molar-refractivity contribution in [1.29, 1.82) is 0 Å². The molecular weight excluding hydrogens is 314 g/mol. The standard InChI is InChI=1S/C21H27NO3/c1-13-11-14(2)15(3)20(12-13)25-17(5)21(23)22-16(4)18-9-7-8-10-19(18)24-6/h7-12,16-17H,1-6H3,(H,22,23)/t16-,17-/m1/s1. The lowest BCUT2D eigenvalue weighted by Crippen LogP contribution is -2.38. The van der Waals surface area contributed by atoms with Crippen LogP contribution in [-0.4, -0.2) is 19.1 Å². The molecule has 4 nitrogen and oxygen atoms in total. The number of hydrogen-bond acceptors (Lipinski definition) is 3. The molecule has 0 aliphatic heterocycles. The second kappa shape index (κ2) is 8.06. The van der Waals surface area contributed by atoms with E-state index >= 15 is 0 Å². The van der Waals surface area contributed by atoms with Gasteiger partial charge in [-0.05, 0) is 63.4 Å². The number of carbonyl (C=O) groups is 1. The summed E-state index contributed by atoms with van der Waals surface area (Å²) in [6.07, 6.45) is -0.586. The number of para-hydroxylation sites is 1. The number of amides is 1. The SMILES string of the molecule is COc1ccccc1[C@@H](C)NC(=O)[C@@H](C)Oc1cc(C)cc(C)c1C. The lowest BCUT2D eigenvalue weighted by molar-refractivity contribution is -0.127. The first-order chi connectivity index (χ1) is 11.8. The zero-order valence-corrected chi connectivity index (χ0v) is 15.8. The van der Waals surface area contributed by atoms with Gasteiger partial charge in [-0.2, -0.15) is 0 Å². The van der Waals surface area contributed by atoms with Gasteiger partial charge in [-0.15, -0.1) is 0 Å². The Morgan fingerprint density at radius 2 is 1.72 bits per heavy atom. The molecule has 0 saturated heterocycles. The maximum atomic E-state index is 12.5. The lowest BCUT2D eigenvalue weighted by Gasteiger charge is -2.21. The molecule has 1 amide bonds. The van der Waals surface area contributed by atoms with Gasteiger partial charge in [0.1, 0.15) is 11.5 Å². The van der Waals surface area contributed by atoms with Crippen molar-refractivity contribution in [3.8, 4) is 11.5 Å². The summed E-state index contributed by atoms with van der Waals surface area (Å²) in [7, 11) is 1.63. The highest BCUT2D eigenvalue weighted by Crippen LogP contribution is 2.26. The van der Waals surface area contributed by atoms with E-state index in [0.29, 0.717) is 0 Å². The van der Waals surface area contributed by atoms with Crippen LogP contribution in [0.3, 0.4) is 0 Å². The van der Waals surface area contributed by atoms with Crippen LogP contribution in [-0.2, 0) is 4.79 Å². The number of carbonyl (C=O) groups excluding carboxylic acids is 1. The molecule has 0 heterocycles. The zero-order chi connectivity index (χ0) is 18.6. The highest BCUT2D eigenvalue weighted by molar-refractivity contribution is 5.81. The summed E-state index contributed by atoms with van der Waals surface area (Å²) in [5.41, 5.74) is 4.27. The highest BCUT2D eigenvalue weighted by Gasteiger charge is 2.20. The Labute approximate surface area is 150 Å². The Morgan fingerprint density at radius 1 is 1.04 bits per heavy atom. The largest absolute Gasteiger partial charge is 0.496 e. The fraction of sp³-hybridized carbons (Fsp3) is 0.381. The highest BCUT2D eigenvalue weighted by atomic mass is 16.5. The van der Waals surface area contributed by atoms with Crippen molar-refractivity contribution in [3.05, 3.63) is 58.7 Å². The summed E-state index contributed by atoms with van der Waals surface area (Å²) in [6, 6.07) is 11.6. The number of rotatable bonds is 6. The fourth-order valence-corrected chi connectivity index (χ4v) is 2.80. The van der Waals surface area contributed by atoms with Gasteiger partial charge in [-0.3, -0.25) is 4.79 Å². The van der Waals surface area contributed by atoms with Crippen molar-refractivity contribution in [1.82, 2.24) is 5.32 Å². The average Bonchev–Trinajstić information content (AvgIpc) is 2.58. The Hall–Kier alpha value is -2.49. The van der Waals surface area contributed by atoms with Gasteiger partial charge in [0, 0.05) is 5.56 Å². The molecule has 4 heteroatoms. The number of methoxy groups -OCH3 is 1. The molecule has 2 atom stereocenters. The molecule has 2 aromatic carbocycles. The Morgan fingerprint density at radius 3 is 2.40 bits per heavy atom. The van der Waals surface area contributed by atoms with Crippen LogP contribution >= 0.6 is 0 Å². The van der Waals surface area contributed by atoms with Gasteiger partial charge in [0.15, 0.2) is 6.10 Å². The van der Waals surface area contributed by atoms with E-state index in [0.717, 1.165) is 33.8 Å². The molecule has 2 rings (SSSR count). The van der Waals surface area contributed by atoms with Crippen molar-refractivity contribution < 1.29 is 14.3 Å². The molecule has 2 aromatic rings. The number of aryl methyl sites for hydroxylation is 2. The second-order valence-electron chi connectivity index (χ2n) is 6.44. The third kappa shape index (κ3) is 4.53. The first-order valence-electron chi connectivity index (χ1n) is 8.51. The summed E-state index contributed by atoms with van der Waals surface area (Å²) >= 11 is 0. The van der Waals surface area contributed by atoms with Crippen LogP contribution in [0.1, 0.15) is 42.1 Å². The predicted molar refractivity (Wildman–Crippen MR) is 100 cm³/mol. The van der Waals surface area contributed by atoms with Crippen molar-refractivity contribution in [2.24, 2.45) is 0 Å². The maximum Gasteiger partial charge on any atom is 0.261 e. The van der Waals surface area contributed by atoms with Gasteiger partial charge in [-0.1, -0.05) is 24.3 Å². The molecule has 0 aliphatic rings. The monoisotopic (exact) mass is 341 g/mol. The van der Waals surface area contributed by atoms with E-state index in [4.69, 9.17) is 9.47 Å². The number of ether oxygens (including phenoxy) is 2.